The molecule has 0 saturated carbocycles. The van der Waals surface area contributed by atoms with E-state index in [1.165, 1.54) is 29.8 Å². The fourth-order valence-electron chi connectivity index (χ4n) is 4.11. The molecule has 0 fully saturated rings. The highest BCUT2D eigenvalue weighted by molar-refractivity contribution is 7.12. The van der Waals surface area contributed by atoms with Crippen LogP contribution in [0.3, 0.4) is 0 Å². The Morgan fingerprint density at radius 2 is 1.85 bits per heavy atom. The summed E-state index contributed by atoms with van der Waals surface area (Å²) >= 11 is 4.54. The minimum absolute atomic E-state index is 0.0362. The first-order valence-electron chi connectivity index (χ1n) is 10.2. The van der Waals surface area contributed by atoms with Gasteiger partial charge < -0.3 is 20.1 Å². The number of methoxy groups -OCH3 is 1. The summed E-state index contributed by atoms with van der Waals surface area (Å²) in [6.45, 7) is 0.704. The molecule has 3 aromatic rings. The largest absolute Gasteiger partial charge is 0.465 e. The highest BCUT2D eigenvalue weighted by Gasteiger charge is 2.42. The van der Waals surface area contributed by atoms with Crippen LogP contribution in [0.25, 0.3) is 6.08 Å². The molecule has 9 heteroatoms. The van der Waals surface area contributed by atoms with Crippen molar-refractivity contribution in [3.63, 3.8) is 0 Å². The number of nitrogens with zero attached hydrogens (tertiary/aromatic N) is 1. The minimum atomic E-state index is -0.539. The predicted octanol–water partition coefficient (Wildman–Crippen LogP) is 4.82. The van der Waals surface area contributed by atoms with Crippen molar-refractivity contribution in [3.05, 3.63) is 95.5 Å². The fraction of sp³-hybridized carbons (Fsp3) is 0.167. The van der Waals surface area contributed by atoms with E-state index in [9.17, 15) is 9.59 Å². The highest BCUT2D eigenvalue weighted by atomic mass is 32.1. The molecule has 33 heavy (non-hydrogen) atoms. The number of amides is 1. The third kappa shape index (κ3) is 4.03. The Hall–Kier alpha value is -3.14. The Morgan fingerprint density at radius 3 is 2.52 bits per heavy atom. The van der Waals surface area contributed by atoms with Crippen LogP contribution in [0.1, 0.15) is 25.3 Å². The van der Waals surface area contributed by atoms with Gasteiger partial charge >= 0.3 is 5.97 Å². The van der Waals surface area contributed by atoms with Gasteiger partial charge in [-0.25, -0.2) is 4.79 Å². The molecule has 2 N–H and O–H groups in total. The zero-order chi connectivity index (χ0) is 22.9. The summed E-state index contributed by atoms with van der Waals surface area (Å²) in [5, 5.41) is 5.84. The molecule has 0 aliphatic carbocycles. The molecule has 2 aliphatic rings. The Labute approximate surface area is 202 Å². The van der Waals surface area contributed by atoms with Gasteiger partial charge in [0.05, 0.1) is 24.4 Å². The van der Waals surface area contributed by atoms with E-state index < -0.39 is 11.9 Å². The summed E-state index contributed by atoms with van der Waals surface area (Å²) in [4.78, 5) is 30.5. The van der Waals surface area contributed by atoms with Crippen LogP contribution in [0, 0.1) is 0 Å². The number of hydrogen-bond donors (Lipinski definition) is 1. The molecule has 1 atom stereocenters. The lowest BCUT2D eigenvalue weighted by atomic mass is 9.83. The Morgan fingerprint density at radius 1 is 1.09 bits per heavy atom. The van der Waals surface area contributed by atoms with Crippen LogP contribution in [0.5, 0.6) is 0 Å². The lowest BCUT2D eigenvalue weighted by Crippen LogP contribution is -2.42. The van der Waals surface area contributed by atoms with E-state index in [4.69, 9.17) is 15.2 Å². The van der Waals surface area contributed by atoms with Gasteiger partial charge in [-0.15, -0.1) is 34.0 Å². The van der Waals surface area contributed by atoms with Gasteiger partial charge in [-0.1, -0.05) is 18.2 Å². The number of nitrogens with two attached hydrogens (primary N) is 1. The van der Waals surface area contributed by atoms with Gasteiger partial charge in [0, 0.05) is 27.4 Å². The zero-order valence-electron chi connectivity index (χ0n) is 17.6. The zero-order valence-corrected chi connectivity index (χ0v) is 20.1. The number of hydrogen-bond acceptors (Lipinski definition) is 8. The molecule has 0 saturated heterocycles. The van der Waals surface area contributed by atoms with E-state index >= 15 is 0 Å². The first-order valence-corrected chi connectivity index (χ1v) is 12.8. The number of carbonyl (C=O) groups excluding carboxylic acids is 2. The van der Waals surface area contributed by atoms with Crippen LogP contribution in [-0.4, -0.2) is 37.0 Å². The molecular weight excluding hydrogens is 476 g/mol. The van der Waals surface area contributed by atoms with E-state index in [2.05, 4.69) is 0 Å². The molecule has 6 nitrogen and oxygen atoms in total. The first kappa shape index (κ1) is 21.7. The maximum atomic E-state index is 13.3. The van der Waals surface area contributed by atoms with Crippen molar-refractivity contribution in [2.24, 2.45) is 5.73 Å². The second-order valence-electron chi connectivity index (χ2n) is 7.50. The van der Waals surface area contributed by atoms with Crippen molar-refractivity contribution in [1.82, 2.24) is 4.90 Å². The SMILES string of the molecule is COC(=O)C1=C(N)OC2=C(CN(C(=O)c3cccs3)C/C2=C\c2cccs2)C1c1cccs1. The average Bonchev–Trinajstić information content (AvgIpc) is 3.61. The first-order chi connectivity index (χ1) is 16.1. The number of thiophene rings is 3. The summed E-state index contributed by atoms with van der Waals surface area (Å²) in [7, 11) is 1.33. The molecular formula is C24H20N2O4S3. The van der Waals surface area contributed by atoms with Gasteiger partial charge in [0.2, 0.25) is 5.88 Å². The molecule has 5 heterocycles. The smallest absolute Gasteiger partial charge is 0.340 e. The van der Waals surface area contributed by atoms with Crippen LogP contribution >= 0.6 is 34.0 Å². The lowest BCUT2D eigenvalue weighted by molar-refractivity contribution is -0.136. The second kappa shape index (κ2) is 9.01. The van der Waals surface area contributed by atoms with Crippen molar-refractivity contribution in [2.75, 3.05) is 20.2 Å². The van der Waals surface area contributed by atoms with Crippen LogP contribution < -0.4 is 5.73 Å². The van der Waals surface area contributed by atoms with Gasteiger partial charge in [-0.2, -0.15) is 0 Å². The van der Waals surface area contributed by atoms with Crippen molar-refractivity contribution in [3.8, 4) is 0 Å². The van der Waals surface area contributed by atoms with Crippen LogP contribution in [0.15, 0.2) is 80.9 Å². The Kier molecular flexibility index (Phi) is 5.92. The summed E-state index contributed by atoms with van der Waals surface area (Å²) in [6, 6.07) is 11.6. The van der Waals surface area contributed by atoms with Crippen molar-refractivity contribution >= 4 is 52.0 Å². The quantitative estimate of drug-likeness (QED) is 0.524. The monoisotopic (exact) mass is 496 g/mol. The molecule has 0 aromatic carbocycles. The molecule has 0 radical (unpaired) electrons. The standard InChI is InChI=1S/C24H20N2O4S3/c1-29-24(28)20-19(17-6-3-9-32-17)16-13-26(23(27)18-7-4-10-33-18)12-14(21(16)30-22(20)25)11-15-5-2-8-31-15/h2-11,19H,12-13,25H2,1H3/b14-11+. The molecule has 1 amide bonds. The molecule has 168 valence electrons. The maximum Gasteiger partial charge on any atom is 0.340 e. The van der Waals surface area contributed by atoms with Crippen molar-refractivity contribution < 1.29 is 19.1 Å². The lowest BCUT2D eigenvalue weighted by Gasteiger charge is -2.38. The maximum absolute atomic E-state index is 13.3. The van der Waals surface area contributed by atoms with Gasteiger partial charge in [-0.3, -0.25) is 4.79 Å². The van der Waals surface area contributed by atoms with Crippen molar-refractivity contribution in [1.29, 1.82) is 0 Å². The molecule has 1 unspecified atom stereocenters. The number of rotatable bonds is 4. The van der Waals surface area contributed by atoms with E-state index in [0.717, 1.165) is 20.9 Å². The third-order valence-electron chi connectivity index (χ3n) is 5.53. The number of carbonyl (C=O) groups is 2. The summed E-state index contributed by atoms with van der Waals surface area (Å²) < 4.78 is 11.1. The van der Waals surface area contributed by atoms with Crippen molar-refractivity contribution in [2.45, 2.75) is 5.92 Å². The second-order valence-corrected chi connectivity index (χ2v) is 10.4. The summed E-state index contributed by atoms with van der Waals surface area (Å²) in [6.07, 6.45) is 2.02. The Balaban J connectivity index is 1.66. The number of ether oxygens (including phenoxy) is 2. The minimum Gasteiger partial charge on any atom is -0.465 e. The topological polar surface area (TPSA) is 81.9 Å². The normalized spacial score (nSPS) is 19.5. The summed E-state index contributed by atoms with van der Waals surface area (Å²) in [5.74, 6) is -0.383. The molecule has 0 bridgehead atoms. The highest BCUT2D eigenvalue weighted by Crippen LogP contribution is 2.46. The molecule has 3 aromatic heterocycles. The van der Waals surface area contributed by atoms with Gasteiger partial charge in [0.25, 0.3) is 5.91 Å². The molecule has 2 aliphatic heterocycles. The van der Waals surface area contributed by atoms with Gasteiger partial charge in [0.15, 0.2) is 0 Å². The van der Waals surface area contributed by atoms with Gasteiger partial charge in [0.1, 0.15) is 11.3 Å². The van der Waals surface area contributed by atoms with Gasteiger partial charge in [-0.05, 0) is 40.4 Å². The molecule has 0 spiro atoms. The van der Waals surface area contributed by atoms with Crippen LogP contribution in [0.2, 0.25) is 0 Å². The summed E-state index contributed by atoms with van der Waals surface area (Å²) in [5.41, 5.74) is 8.22. The third-order valence-corrected chi connectivity index (χ3v) is 8.15. The van der Waals surface area contributed by atoms with Crippen LogP contribution in [-0.2, 0) is 14.3 Å². The Bertz CT molecular complexity index is 1270. The van der Waals surface area contributed by atoms with E-state index in [1.807, 2.05) is 58.6 Å². The number of esters is 1. The average molecular weight is 497 g/mol. The fourth-order valence-corrected chi connectivity index (χ4v) is 6.35. The molecule has 5 rings (SSSR count). The van der Waals surface area contributed by atoms with E-state index in [-0.39, 0.29) is 17.4 Å². The van der Waals surface area contributed by atoms with Crippen LogP contribution in [0.4, 0.5) is 0 Å². The predicted molar refractivity (Wildman–Crippen MR) is 131 cm³/mol. The van der Waals surface area contributed by atoms with E-state index in [0.29, 0.717) is 23.7 Å². The van der Waals surface area contributed by atoms with E-state index in [1.54, 1.807) is 16.2 Å².